The van der Waals surface area contributed by atoms with Gasteiger partial charge in [0.1, 0.15) is 11.5 Å². The third-order valence-corrected chi connectivity index (χ3v) is 8.40. The minimum absolute atomic E-state index is 0.0135. The summed E-state index contributed by atoms with van der Waals surface area (Å²) < 4.78 is 37.0. The number of aromatic nitrogens is 1. The molecule has 2 heterocycles. The van der Waals surface area contributed by atoms with E-state index in [9.17, 15) is 13.2 Å². The molecule has 1 amide bonds. The summed E-state index contributed by atoms with van der Waals surface area (Å²) in [5.74, 6) is 0.607. The molecule has 1 N–H and O–H groups in total. The molecule has 0 saturated heterocycles. The highest BCUT2D eigenvalue weighted by molar-refractivity contribution is 7.92. The van der Waals surface area contributed by atoms with Crippen molar-refractivity contribution in [2.75, 3.05) is 11.3 Å². The number of ether oxygens (including phenoxy) is 1. The molecule has 0 aliphatic carbocycles. The molecule has 0 radical (unpaired) electrons. The zero-order chi connectivity index (χ0) is 26.9. The van der Waals surface area contributed by atoms with Gasteiger partial charge in [-0.25, -0.2) is 8.42 Å². The van der Waals surface area contributed by atoms with Gasteiger partial charge in [0.25, 0.3) is 15.9 Å². The number of nitrogens with zero attached hydrogens (tertiary/aromatic N) is 2. The van der Waals surface area contributed by atoms with Crippen LogP contribution in [0.25, 0.3) is 0 Å². The van der Waals surface area contributed by atoms with E-state index in [0.29, 0.717) is 34.6 Å². The Morgan fingerprint density at radius 2 is 1.76 bits per heavy atom. The molecule has 1 aromatic heterocycles. The van der Waals surface area contributed by atoms with Crippen molar-refractivity contribution in [3.63, 3.8) is 0 Å². The number of carbonyl (C=O) groups excluding carboxylic acids is 1. The number of nitrogens with one attached hydrogen (secondary N) is 1. The van der Waals surface area contributed by atoms with E-state index in [4.69, 9.17) is 27.9 Å². The van der Waals surface area contributed by atoms with Gasteiger partial charge in [-0.3, -0.25) is 9.52 Å². The van der Waals surface area contributed by atoms with Gasteiger partial charge in [-0.2, -0.15) is 0 Å². The predicted molar refractivity (Wildman–Crippen MR) is 149 cm³/mol. The first-order chi connectivity index (χ1) is 18.3. The SMILES string of the molecule is CC[C@H]1c2cccn2CCN1C(=O)c1cc(Cl)ccc1NS(=O)(=O)c1ccc(Oc2ccccc2Cl)cc1. The lowest BCUT2D eigenvalue weighted by atomic mass is 10.0. The number of amides is 1. The van der Waals surface area contributed by atoms with Gasteiger partial charge in [0.05, 0.1) is 27.2 Å². The van der Waals surface area contributed by atoms with E-state index in [0.717, 1.165) is 12.1 Å². The molecule has 0 bridgehead atoms. The molecule has 0 unspecified atom stereocenters. The summed E-state index contributed by atoms with van der Waals surface area (Å²) in [7, 11) is -4.02. The molecule has 5 rings (SSSR count). The van der Waals surface area contributed by atoms with Crippen molar-refractivity contribution in [1.82, 2.24) is 9.47 Å². The average molecular weight is 570 g/mol. The smallest absolute Gasteiger partial charge is 0.261 e. The Morgan fingerprint density at radius 1 is 1.00 bits per heavy atom. The van der Waals surface area contributed by atoms with Gasteiger partial charge >= 0.3 is 0 Å². The number of anilines is 1. The van der Waals surface area contributed by atoms with E-state index in [1.165, 1.54) is 24.3 Å². The van der Waals surface area contributed by atoms with Crippen LogP contribution < -0.4 is 9.46 Å². The molecular formula is C28H25Cl2N3O4S. The van der Waals surface area contributed by atoms with E-state index in [2.05, 4.69) is 9.29 Å². The van der Waals surface area contributed by atoms with Crippen LogP contribution in [-0.4, -0.2) is 30.3 Å². The predicted octanol–water partition coefficient (Wildman–Crippen LogP) is 7.00. The second-order valence-corrected chi connectivity index (χ2v) is 11.4. The zero-order valence-corrected chi connectivity index (χ0v) is 22.8. The first kappa shape index (κ1) is 26.2. The van der Waals surface area contributed by atoms with Gasteiger partial charge in [-0.15, -0.1) is 0 Å². The minimum Gasteiger partial charge on any atom is -0.456 e. The number of carbonyl (C=O) groups is 1. The quantitative estimate of drug-likeness (QED) is 0.260. The number of fused-ring (bicyclic) bond motifs is 1. The first-order valence-corrected chi connectivity index (χ1v) is 14.3. The van der Waals surface area contributed by atoms with Crippen molar-refractivity contribution in [3.8, 4) is 11.5 Å². The van der Waals surface area contributed by atoms with Gasteiger partial charge in [0, 0.05) is 30.0 Å². The Kier molecular flexibility index (Phi) is 7.38. The molecule has 7 nitrogen and oxygen atoms in total. The number of hydrogen-bond donors (Lipinski definition) is 1. The number of hydrogen-bond acceptors (Lipinski definition) is 4. The van der Waals surface area contributed by atoms with Crippen LogP contribution in [0.3, 0.4) is 0 Å². The van der Waals surface area contributed by atoms with E-state index >= 15 is 0 Å². The summed E-state index contributed by atoms with van der Waals surface area (Å²) in [5, 5.41) is 0.781. The fraction of sp³-hybridized carbons (Fsp3) is 0.179. The van der Waals surface area contributed by atoms with Crippen molar-refractivity contribution in [1.29, 1.82) is 0 Å². The highest BCUT2D eigenvalue weighted by Crippen LogP contribution is 2.33. The van der Waals surface area contributed by atoms with Crippen LogP contribution in [0, 0.1) is 0 Å². The summed E-state index contributed by atoms with van der Waals surface area (Å²) in [6.07, 6.45) is 2.73. The standard InChI is InChI=1S/C28H25Cl2N3O4S/c1-2-25-26-7-5-15-32(26)16-17-33(25)28(34)22-18-19(29)9-14-24(22)31-38(35,36)21-12-10-20(11-13-21)37-27-8-4-3-6-23(27)30/h3-15,18,25,31H,2,16-17H2,1H3/t25-/m0/s1. The average Bonchev–Trinajstić information content (AvgIpc) is 3.39. The molecule has 0 fully saturated rings. The maximum atomic E-state index is 13.7. The van der Waals surface area contributed by atoms with Crippen molar-refractivity contribution in [3.05, 3.63) is 106 Å². The topological polar surface area (TPSA) is 80.6 Å². The van der Waals surface area contributed by atoms with E-state index in [-0.39, 0.29) is 28.1 Å². The van der Waals surface area contributed by atoms with Crippen LogP contribution in [0.15, 0.2) is 90.0 Å². The number of benzene rings is 3. The molecule has 1 aliphatic rings. The largest absolute Gasteiger partial charge is 0.456 e. The molecule has 4 aromatic rings. The lowest BCUT2D eigenvalue weighted by Gasteiger charge is -2.37. The van der Waals surface area contributed by atoms with Crippen LogP contribution >= 0.6 is 23.2 Å². The van der Waals surface area contributed by atoms with Crippen LogP contribution in [-0.2, 0) is 16.6 Å². The molecule has 0 spiro atoms. The maximum Gasteiger partial charge on any atom is 0.261 e. The van der Waals surface area contributed by atoms with E-state index in [1.807, 2.05) is 25.3 Å². The van der Waals surface area contributed by atoms with Crippen molar-refractivity contribution >= 4 is 44.8 Å². The molecule has 196 valence electrons. The Hall–Kier alpha value is -3.46. The number of halogens is 2. The molecule has 1 atom stereocenters. The monoisotopic (exact) mass is 569 g/mol. The van der Waals surface area contributed by atoms with Gasteiger partial charge in [-0.05, 0) is 73.2 Å². The molecule has 1 aliphatic heterocycles. The third kappa shape index (κ3) is 5.25. The summed E-state index contributed by atoms with van der Waals surface area (Å²) in [6, 6.07) is 21.4. The van der Waals surface area contributed by atoms with Crippen LogP contribution in [0.4, 0.5) is 5.69 Å². The summed E-state index contributed by atoms with van der Waals surface area (Å²) in [4.78, 5) is 15.5. The van der Waals surface area contributed by atoms with Crippen LogP contribution in [0.5, 0.6) is 11.5 Å². The van der Waals surface area contributed by atoms with Crippen molar-refractivity contribution in [2.24, 2.45) is 0 Å². The Balaban J connectivity index is 1.39. The van der Waals surface area contributed by atoms with E-state index in [1.54, 1.807) is 47.4 Å². The first-order valence-electron chi connectivity index (χ1n) is 12.1. The number of rotatable bonds is 7. The van der Waals surface area contributed by atoms with Crippen molar-refractivity contribution in [2.45, 2.75) is 30.8 Å². The van der Waals surface area contributed by atoms with Gasteiger partial charge in [-0.1, -0.05) is 42.3 Å². The van der Waals surface area contributed by atoms with Crippen molar-refractivity contribution < 1.29 is 17.9 Å². The highest BCUT2D eigenvalue weighted by Gasteiger charge is 2.32. The Bertz CT molecular complexity index is 1590. The molecule has 3 aromatic carbocycles. The minimum atomic E-state index is -4.02. The molecular weight excluding hydrogens is 545 g/mol. The maximum absolute atomic E-state index is 13.7. The van der Waals surface area contributed by atoms with Crippen LogP contribution in [0.1, 0.15) is 35.4 Å². The third-order valence-electron chi connectivity index (χ3n) is 6.47. The molecule has 38 heavy (non-hydrogen) atoms. The fourth-order valence-electron chi connectivity index (χ4n) is 4.62. The molecule has 0 saturated carbocycles. The fourth-order valence-corrected chi connectivity index (χ4v) is 6.05. The second kappa shape index (κ2) is 10.7. The normalized spacial score (nSPS) is 15.1. The summed E-state index contributed by atoms with van der Waals surface area (Å²) >= 11 is 12.4. The number of sulfonamides is 1. The van der Waals surface area contributed by atoms with Gasteiger partial charge in [0.15, 0.2) is 0 Å². The lowest BCUT2D eigenvalue weighted by Crippen LogP contribution is -2.42. The lowest BCUT2D eigenvalue weighted by molar-refractivity contribution is 0.0619. The van der Waals surface area contributed by atoms with E-state index < -0.39 is 10.0 Å². The van der Waals surface area contributed by atoms with Gasteiger partial charge < -0.3 is 14.2 Å². The Morgan fingerprint density at radius 3 is 2.50 bits per heavy atom. The number of para-hydroxylation sites is 1. The zero-order valence-electron chi connectivity index (χ0n) is 20.5. The van der Waals surface area contributed by atoms with Gasteiger partial charge in [0.2, 0.25) is 0 Å². The highest BCUT2D eigenvalue weighted by atomic mass is 35.5. The summed E-state index contributed by atoms with van der Waals surface area (Å²) in [6.45, 7) is 3.19. The summed E-state index contributed by atoms with van der Waals surface area (Å²) in [5.41, 5.74) is 1.40. The Labute approximate surface area is 231 Å². The second-order valence-electron chi connectivity index (χ2n) is 8.85. The van der Waals surface area contributed by atoms with Crippen LogP contribution in [0.2, 0.25) is 10.0 Å². The molecule has 10 heteroatoms.